The van der Waals surface area contributed by atoms with Crippen molar-refractivity contribution >= 4 is 10.0 Å². The van der Waals surface area contributed by atoms with Crippen molar-refractivity contribution in [2.75, 3.05) is 12.4 Å². The monoisotopic (exact) mass is 167 g/mol. The van der Waals surface area contributed by atoms with E-state index in [0.717, 1.165) is 0 Å². The quantitative estimate of drug-likeness (QED) is 0.625. The van der Waals surface area contributed by atoms with Crippen molar-refractivity contribution in [3.05, 3.63) is 0 Å². The van der Waals surface area contributed by atoms with Crippen LogP contribution in [0.15, 0.2) is 0 Å². The van der Waals surface area contributed by atoms with Gasteiger partial charge in [0, 0.05) is 0 Å². The van der Waals surface area contributed by atoms with Gasteiger partial charge in [0.05, 0.1) is 18.5 Å². The van der Waals surface area contributed by atoms with Gasteiger partial charge in [-0.1, -0.05) is 0 Å². The minimum Gasteiger partial charge on any atom is -0.378 e. The third-order valence-corrected chi connectivity index (χ3v) is 1.55. The minimum absolute atomic E-state index is 0.0572. The highest BCUT2D eigenvalue weighted by Crippen LogP contribution is 1.87. The van der Waals surface area contributed by atoms with E-state index in [1.54, 1.807) is 0 Å². The van der Waals surface area contributed by atoms with E-state index in [2.05, 4.69) is 0 Å². The molecular weight excluding hydrogens is 154 g/mol. The van der Waals surface area contributed by atoms with Gasteiger partial charge in [0.2, 0.25) is 10.0 Å². The van der Waals surface area contributed by atoms with Gasteiger partial charge in [-0.15, -0.1) is 0 Å². The highest BCUT2D eigenvalue weighted by atomic mass is 32.2. The summed E-state index contributed by atoms with van der Waals surface area (Å²) >= 11 is 0. The van der Waals surface area contributed by atoms with Gasteiger partial charge in [0.15, 0.2) is 0 Å². The Morgan fingerprint density at radius 1 is 1.50 bits per heavy atom. The third-order valence-electron chi connectivity index (χ3n) is 0.819. The van der Waals surface area contributed by atoms with E-state index in [4.69, 9.17) is 9.88 Å². The first-order chi connectivity index (χ1) is 4.42. The van der Waals surface area contributed by atoms with Gasteiger partial charge in [0.25, 0.3) is 0 Å². The second-order valence-electron chi connectivity index (χ2n) is 2.29. The van der Waals surface area contributed by atoms with Crippen LogP contribution in [-0.4, -0.2) is 26.9 Å². The molecule has 62 valence electrons. The molecule has 5 heteroatoms. The predicted octanol–water partition coefficient (Wildman–Crippen LogP) is -0.300. The van der Waals surface area contributed by atoms with Crippen molar-refractivity contribution in [3.63, 3.8) is 0 Å². The van der Waals surface area contributed by atoms with Crippen LogP contribution in [0.1, 0.15) is 13.8 Å². The summed E-state index contributed by atoms with van der Waals surface area (Å²) in [4.78, 5) is 0. The Hall–Kier alpha value is -0.130. The Balaban J connectivity index is 3.39. The largest absolute Gasteiger partial charge is 0.378 e. The molecule has 0 spiro atoms. The van der Waals surface area contributed by atoms with Gasteiger partial charge in [-0.3, -0.25) is 0 Å². The summed E-state index contributed by atoms with van der Waals surface area (Å²) in [5.74, 6) is -0.106. The zero-order valence-corrected chi connectivity index (χ0v) is 7.02. The molecule has 0 aliphatic heterocycles. The van der Waals surface area contributed by atoms with E-state index in [-0.39, 0.29) is 18.5 Å². The number of nitrogens with two attached hydrogens (primary N) is 1. The fourth-order valence-corrected chi connectivity index (χ4v) is 0.729. The van der Waals surface area contributed by atoms with Crippen LogP contribution in [0.3, 0.4) is 0 Å². The fraction of sp³-hybridized carbons (Fsp3) is 1.00. The third kappa shape index (κ3) is 7.87. The van der Waals surface area contributed by atoms with Crippen molar-refractivity contribution < 1.29 is 13.2 Å². The molecule has 0 amide bonds. The second-order valence-corrected chi connectivity index (χ2v) is 4.02. The highest BCUT2D eigenvalue weighted by Gasteiger charge is 2.02. The molecule has 0 saturated carbocycles. The van der Waals surface area contributed by atoms with E-state index in [9.17, 15) is 8.42 Å². The van der Waals surface area contributed by atoms with Gasteiger partial charge in [-0.05, 0) is 13.8 Å². The molecule has 0 fully saturated rings. The van der Waals surface area contributed by atoms with E-state index < -0.39 is 10.0 Å². The van der Waals surface area contributed by atoms with Crippen LogP contribution >= 0.6 is 0 Å². The Labute approximate surface area is 61.4 Å². The maximum Gasteiger partial charge on any atom is 0.211 e. The number of primary sulfonamides is 1. The number of ether oxygens (including phenoxy) is 1. The Morgan fingerprint density at radius 2 is 2.00 bits per heavy atom. The van der Waals surface area contributed by atoms with Gasteiger partial charge < -0.3 is 4.74 Å². The van der Waals surface area contributed by atoms with Gasteiger partial charge in [-0.25, -0.2) is 13.6 Å². The summed E-state index contributed by atoms with van der Waals surface area (Å²) in [5, 5.41) is 4.71. The molecule has 0 aliphatic carbocycles. The Kier molecular flexibility index (Phi) is 3.85. The first kappa shape index (κ1) is 9.87. The van der Waals surface area contributed by atoms with Crippen molar-refractivity contribution in [3.8, 4) is 0 Å². The van der Waals surface area contributed by atoms with Crippen molar-refractivity contribution in [2.45, 2.75) is 20.0 Å². The molecule has 0 heterocycles. The summed E-state index contributed by atoms with van der Waals surface area (Å²) in [6, 6.07) is 0. The van der Waals surface area contributed by atoms with Crippen molar-refractivity contribution in [1.82, 2.24) is 0 Å². The first-order valence-electron chi connectivity index (χ1n) is 3.04. The molecule has 2 N–H and O–H groups in total. The zero-order chi connectivity index (χ0) is 8.20. The van der Waals surface area contributed by atoms with Crippen LogP contribution in [0.4, 0.5) is 0 Å². The lowest BCUT2D eigenvalue weighted by Gasteiger charge is -2.04. The Bertz CT molecular complexity index is 173. The van der Waals surface area contributed by atoms with E-state index in [0.29, 0.717) is 0 Å². The number of hydrogen-bond acceptors (Lipinski definition) is 3. The maximum atomic E-state index is 10.3. The van der Waals surface area contributed by atoms with Gasteiger partial charge in [0.1, 0.15) is 0 Å². The van der Waals surface area contributed by atoms with Crippen LogP contribution in [0, 0.1) is 0 Å². The summed E-state index contributed by atoms with van der Waals surface area (Å²) < 4.78 is 25.6. The molecule has 0 unspecified atom stereocenters. The molecule has 10 heavy (non-hydrogen) atoms. The molecule has 0 aromatic heterocycles. The summed E-state index contributed by atoms with van der Waals surface area (Å²) in [6.45, 7) is 3.85. The predicted molar refractivity (Wildman–Crippen MR) is 39.1 cm³/mol. The molecule has 0 rings (SSSR count). The average molecular weight is 167 g/mol. The summed E-state index contributed by atoms with van der Waals surface area (Å²) in [5.41, 5.74) is 0. The fourth-order valence-electron chi connectivity index (χ4n) is 0.400. The molecule has 0 aromatic rings. The maximum absolute atomic E-state index is 10.3. The minimum atomic E-state index is -3.34. The second kappa shape index (κ2) is 3.90. The summed E-state index contributed by atoms with van der Waals surface area (Å²) in [6.07, 6.45) is 0.0572. The topological polar surface area (TPSA) is 69.4 Å². The number of sulfonamides is 1. The summed E-state index contributed by atoms with van der Waals surface area (Å²) in [7, 11) is -3.34. The molecule has 4 nitrogen and oxygen atoms in total. The highest BCUT2D eigenvalue weighted by molar-refractivity contribution is 7.89. The molecule has 0 atom stereocenters. The SMILES string of the molecule is CC(C)OCCS(N)(=O)=O. The van der Waals surface area contributed by atoms with Gasteiger partial charge in [-0.2, -0.15) is 0 Å². The van der Waals surface area contributed by atoms with Crippen LogP contribution in [-0.2, 0) is 14.8 Å². The smallest absolute Gasteiger partial charge is 0.211 e. The van der Waals surface area contributed by atoms with E-state index in [1.807, 2.05) is 13.8 Å². The molecule has 0 radical (unpaired) electrons. The average Bonchev–Trinajstić information content (AvgIpc) is 1.59. The molecule has 0 saturated heterocycles. The van der Waals surface area contributed by atoms with E-state index >= 15 is 0 Å². The van der Waals surface area contributed by atoms with Crippen molar-refractivity contribution in [2.24, 2.45) is 5.14 Å². The molecular formula is C5H13NO3S. The molecule has 0 aromatic carbocycles. The number of hydrogen-bond donors (Lipinski definition) is 1. The normalized spacial score (nSPS) is 12.4. The van der Waals surface area contributed by atoms with Gasteiger partial charge >= 0.3 is 0 Å². The standard InChI is InChI=1S/C5H13NO3S/c1-5(2)9-3-4-10(6,7)8/h5H,3-4H2,1-2H3,(H2,6,7,8). The molecule has 0 bridgehead atoms. The van der Waals surface area contributed by atoms with Crippen LogP contribution < -0.4 is 5.14 Å². The van der Waals surface area contributed by atoms with Crippen LogP contribution in [0.5, 0.6) is 0 Å². The first-order valence-corrected chi connectivity index (χ1v) is 4.75. The van der Waals surface area contributed by atoms with Crippen LogP contribution in [0.25, 0.3) is 0 Å². The van der Waals surface area contributed by atoms with Crippen molar-refractivity contribution in [1.29, 1.82) is 0 Å². The molecule has 0 aliphatic rings. The Morgan fingerprint density at radius 3 is 2.30 bits per heavy atom. The zero-order valence-electron chi connectivity index (χ0n) is 6.20. The lowest BCUT2D eigenvalue weighted by Crippen LogP contribution is -2.21. The number of rotatable bonds is 4. The lowest BCUT2D eigenvalue weighted by molar-refractivity contribution is 0.0912. The van der Waals surface area contributed by atoms with E-state index in [1.165, 1.54) is 0 Å². The lowest BCUT2D eigenvalue weighted by atomic mass is 10.5. The van der Waals surface area contributed by atoms with Crippen LogP contribution in [0.2, 0.25) is 0 Å².